The van der Waals surface area contributed by atoms with E-state index >= 15 is 0 Å². The van der Waals surface area contributed by atoms with Crippen molar-refractivity contribution in [3.05, 3.63) is 24.3 Å². The number of hydrogen-bond donors (Lipinski definition) is 3. The van der Waals surface area contributed by atoms with E-state index in [1.165, 1.54) is 12.4 Å². The third kappa shape index (κ3) is 2.94. The van der Waals surface area contributed by atoms with Gasteiger partial charge in [0, 0.05) is 19.4 Å². The Morgan fingerprint density at radius 1 is 1.57 bits per heavy atom. The molecular weight excluding hydrogens is 200 g/mol. The van der Waals surface area contributed by atoms with E-state index in [-0.39, 0.29) is 5.84 Å². The molecule has 1 rings (SSSR count). The van der Waals surface area contributed by atoms with Gasteiger partial charge in [0.05, 0.1) is 6.20 Å². The van der Waals surface area contributed by atoms with Crippen LogP contribution in [0.3, 0.4) is 0 Å². The molecular formula is C7H10N6S. The summed E-state index contributed by atoms with van der Waals surface area (Å²) in [5, 5.41) is 6.88. The first-order chi connectivity index (χ1) is 6.74. The number of aromatic nitrogens is 2. The van der Waals surface area contributed by atoms with Crippen molar-refractivity contribution in [1.82, 2.24) is 20.7 Å². The van der Waals surface area contributed by atoms with Crippen molar-refractivity contribution in [3.63, 3.8) is 0 Å². The van der Waals surface area contributed by atoms with Gasteiger partial charge < -0.3 is 11.1 Å². The van der Waals surface area contributed by atoms with Gasteiger partial charge in [-0.2, -0.15) is 5.10 Å². The van der Waals surface area contributed by atoms with Gasteiger partial charge in [0.1, 0.15) is 5.69 Å². The van der Waals surface area contributed by atoms with Crippen molar-refractivity contribution in [3.8, 4) is 0 Å². The molecule has 1 aromatic rings. The van der Waals surface area contributed by atoms with Crippen LogP contribution in [-0.4, -0.2) is 28.0 Å². The molecule has 0 aliphatic carbocycles. The van der Waals surface area contributed by atoms with E-state index in [1.807, 2.05) is 0 Å². The fraction of sp³-hybridized carbons (Fsp3) is 0.143. The average molecular weight is 210 g/mol. The summed E-state index contributed by atoms with van der Waals surface area (Å²) in [6, 6.07) is 0. The zero-order valence-electron chi connectivity index (χ0n) is 7.56. The lowest BCUT2D eigenvalue weighted by atomic mass is 10.4. The van der Waals surface area contributed by atoms with E-state index in [9.17, 15) is 0 Å². The minimum atomic E-state index is 0.232. The number of hydrogen-bond acceptors (Lipinski definition) is 4. The van der Waals surface area contributed by atoms with Crippen LogP contribution >= 0.6 is 12.2 Å². The van der Waals surface area contributed by atoms with Gasteiger partial charge in [-0.1, -0.05) is 0 Å². The predicted octanol–water partition coefficient (Wildman–Crippen LogP) is -0.809. The molecule has 0 aliphatic heterocycles. The zero-order chi connectivity index (χ0) is 10.4. The molecule has 0 saturated heterocycles. The first-order valence-electron chi connectivity index (χ1n) is 3.81. The molecule has 14 heavy (non-hydrogen) atoms. The number of amidine groups is 1. The molecule has 0 aromatic carbocycles. The monoisotopic (exact) mass is 210 g/mol. The van der Waals surface area contributed by atoms with E-state index in [4.69, 9.17) is 18.0 Å². The third-order valence-corrected chi connectivity index (χ3v) is 1.63. The van der Waals surface area contributed by atoms with Crippen LogP contribution < -0.4 is 16.5 Å². The highest BCUT2D eigenvalue weighted by atomic mass is 32.1. The van der Waals surface area contributed by atoms with Crippen molar-refractivity contribution in [2.24, 2.45) is 10.8 Å². The summed E-state index contributed by atoms with van der Waals surface area (Å²) in [7, 11) is 1.68. The number of nitrogens with zero attached hydrogens (tertiary/aromatic N) is 3. The maximum atomic E-state index is 5.60. The van der Waals surface area contributed by atoms with Crippen LogP contribution in [0.1, 0.15) is 5.69 Å². The lowest BCUT2D eigenvalue weighted by molar-refractivity contribution is 0.967. The SMILES string of the molecule is CNC(=S)N/N=C(\N)c1cnccn1. The Hall–Kier alpha value is -1.76. The summed E-state index contributed by atoms with van der Waals surface area (Å²) < 4.78 is 0. The summed E-state index contributed by atoms with van der Waals surface area (Å²) in [5.41, 5.74) is 8.64. The molecule has 0 atom stereocenters. The second kappa shape index (κ2) is 5.07. The van der Waals surface area contributed by atoms with E-state index in [0.29, 0.717) is 10.8 Å². The molecule has 1 heterocycles. The van der Waals surface area contributed by atoms with Gasteiger partial charge in [0.2, 0.25) is 0 Å². The standard InChI is InChI=1S/C7H10N6S/c1-9-7(14)13-12-6(8)5-4-10-2-3-11-5/h2-4H,1H3,(H2,8,12)(H2,9,13,14). The summed E-state index contributed by atoms with van der Waals surface area (Å²) in [4.78, 5) is 7.81. The smallest absolute Gasteiger partial charge is 0.186 e. The van der Waals surface area contributed by atoms with Crippen molar-refractivity contribution in [2.75, 3.05) is 7.05 Å². The van der Waals surface area contributed by atoms with Crippen molar-refractivity contribution >= 4 is 23.2 Å². The minimum Gasteiger partial charge on any atom is -0.380 e. The lowest BCUT2D eigenvalue weighted by Crippen LogP contribution is -2.31. The summed E-state index contributed by atoms with van der Waals surface area (Å²) >= 11 is 4.80. The third-order valence-electron chi connectivity index (χ3n) is 1.33. The quantitative estimate of drug-likeness (QED) is 0.256. The predicted molar refractivity (Wildman–Crippen MR) is 57.5 cm³/mol. The van der Waals surface area contributed by atoms with Gasteiger partial charge in [0.15, 0.2) is 10.9 Å². The molecule has 6 nitrogen and oxygen atoms in total. The van der Waals surface area contributed by atoms with Crippen LogP contribution in [0.4, 0.5) is 0 Å². The van der Waals surface area contributed by atoms with Crippen LogP contribution in [-0.2, 0) is 0 Å². The largest absolute Gasteiger partial charge is 0.380 e. The average Bonchev–Trinajstić information content (AvgIpc) is 2.26. The Balaban J connectivity index is 2.66. The fourth-order valence-electron chi connectivity index (χ4n) is 0.656. The summed E-state index contributed by atoms with van der Waals surface area (Å²) in [5.74, 6) is 0.232. The van der Waals surface area contributed by atoms with Crippen molar-refractivity contribution in [1.29, 1.82) is 0 Å². The van der Waals surface area contributed by atoms with Gasteiger partial charge in [-0.05, 0) is 12.2 Å². The molecule has 74 valence electrons. The molecule has 0 bridgehead atoms. The number of nitrogens with one attached hydrogen (secondary N) is 2. The fourth-order valence-corrected chi connectivity index (χ4v) is 0.701. The van der Waals surface area contributed by atoms with Gasteiger partial charge in [-0.25, -0.2) is 4.98 Å². The number of nitrogens with two attached hydrogens (primary N) is 1. The first kappa shape index (κ1) is 10.3. The van der Waals surface area contributed by atoms with E-state index in [0.717, 1.165) is 0 Å². The highest BCUT2D eigenvalue weighted by Gasteiger charge is 1.98. The highest BCUT2D eigenvalue weighted by Crippen LogP contribution is 1.87. The van der Waals surface area contributed by atoms with Gasteiger partial charge in [0.25, 0.3) is 0 Å². The second-order valence-electron chi connectivity index (χ2n) is 2.28. The Morgan fingerprint density at radius 2 is 2.36 bits per heavy atom. The molecule has 0 spiro atoms. The number of rotatable bonds is 2. The van der Waals surface area contributed by atoms with E-state index in [1.54, 1.807) is 13.2 Å². The van der Waals surface area contributed by atoms with Gasteiger partial charge >= 0.3 is 0 Å². The first-order valence-corrected chi connectivity index (χ1v) is 4.22. The van der Waals surface area contributed by atoms with Crippen LogP contribution in [0.5, 0.6) is 0 Å². The van der Waals surface area contributed by atoms with Gasteiger partial charge in [-0.3, -0.25) is 10.4 Å². The number of thiocarbonyl (C=S) groups is 1. The van der Waals surface area contributed by atoms with Crippen LogP contribution in [0.25, 0.3) is 0 Å². The molecule has 0 radical (unpaired) electrons. The summed E-state index contributed by atoms with van der Waals surface area (Å²) in [6.45, 7) is 0. The number of hydrazone groups is 1. The molecule has 0 fully saturated rings. The van der Waals surface area contributed by atoms with Crippen LogP contribution in [0.15, 0.2) is 23.7 Å². The minimum absolute atomic E-state index is 0.232. The van der Waals surface area contributed by atoms with E-state index in [2.05, 4.69) is 25.8 Å². The van der Waals surface area contributed by atoms with Crippen molar-refractivity contribution < 1.29 is 0 Å². The van der Waals surface area contributed by atoms with Gasteiger partial charge in [-0.15, -0.1) is 0 Å². The highest BCUT2D eigenvalue weighted by molar-refractivity contribution is 7.80. The van der Waals surface area contributed by atoms with E-state index < -0.39 is 0 Å². The maximum absolute atomic E-state index is 5.60. The summed E-state index contributed by atoms with van der Waals surface area (Å²) in [6.07, 6.45) is 4.61. The van der Waals surface area contributed by atoms with Crippen LogP contribution in [0.2, 0.25) is 0 Å². The molecule has 0 amide bonds. The molecule has 7 heteroatoms. The molecule has 0 saturated carbocycles. The molecule has 1 aromatic heterocycles. The molecule has 4 N–H and O–H groups in total. The Morgan fingerprint density at radius 3 is 2.93 bits per heavy atom. The second-order valence-corrected chi connectivity index (χ2v) is 2.69. The zero-order valence-corrected chi connectivity index (χ0v) is 8.38. The molecule has 0 unspecified atom stereocenters. The lowest BCUT2D eigenvalue weighted by Gasteiger charge is -2.02. The van der Waals surface area contributed by atoms with Crippen molar-refractivity contribution in [2.45, 2.75) is 0 Å². The topological polar surface area (TPSA) is 88.2 Å². The Kier molecular flexibility index (Phi) is 3.74. The van der Waals surface area contributed by atoms with Crippen LogP contribution in [0, 0.1) is 0 Å². The Labute approximate surface area is 86.6 Å². The Bertz CT molecular complexity index is 335. The maximum Gasteiger partial charge on any atom is 0.186 e. The normalized spacial score (nSPS) is 10.8. The molecule has 0 aliphatic rings.